The van der Waals surface area contributed by atoms with Crippen molar-refractivity contribution >= 4 is 17.6 Å². The van der Waals surface area contributed by atoms with Crippen LogP contribution in [0.25, 0.3) is 0 Å². The fourth-order valence-electron chi connectivity index (χ4n) is 3.18. The van der Waals surface area contributed by atoms with Gasteiger partial charge in [0, 0.05) is 6.54 Å². The average Bonchev–Trinajstić information content (AvgIpc) is 2.56. The highest BCUT2D eigenvalue weighted by atomic mass is 16.5. The van der Waals surface area contributed by atoms with Crippen LogP contribution < -0.4 is 9.64 Å². The second kappa shape index (κ2) is 9.44. The number of anilines is 1. The molecule has 0 fully saturated rings. The van der Waals surface area contributed by atoms with Crippen molar-refractivity contribution in [2.24, 2.45) is 0 Å². The minimum absolute atomic E-state index is 0.246. The Morgan fingerprint density at radius 1 is 1.16 bits per heavy atom. The van der Waals surface area contributed by atoms with E-state index in [1.807, 2.05) is 25.1 Å². The number of hydrogen-bond donors (Lipinski definition) is 1. The van der Waals surface area contributed by atoms with E-state index < -0.39 is 12.1 Å². The van der Waals surface area contributed by atoms with Gasteiger partial charge in [-0.1, -0.05) is 51.5 Å². The summed E-state index contributed by atoms with van der Waals surface area (Å²) < 4.78 is 5.67. The summed E-state index contributed by atoms with van der Waals surface area (Å²) in [5, 5.41) is 9.04. The van der Waals surface area contributed by atoms with Gasteiger partial charge in [-0.15, -0.1) is 0 Å². The molecule has 0 saturated carbocycles. The Hall–Kier alpha value is -2.04. The molecule has 5 heteroatoms. The van der Waals surface area contributed by atoms with Crippen LogP contribution in [0.4, 0.5) is 5.69 Å². The Morgan fingerprint density at radius 2 is 1.84 bits per heavy atom. The van der Waals surface area contributed by atoms with Crippen molar-refractivity contribution in [3.63, 3.8) is 0 Å². The molecule has 0 bridgehead atoms. The van der Waals surface area contributed by atoms with E-state index in [0.29, 0.717) is 12.3 Å². The maximum Gasteiger partial charge on any atom is 0.307 e. The van der Waals surface area contributed by atoms with Crippen LogP contribution >= 0.6 is 0 Å². The molecule has 1 aliphatic rings. The molecule has 1 unspecified atom stereocenters. The van der Waals surface area contributed by atoms with Gasteiger partial charge in [-0.3, -0.25) is 9.59 Å². The van der Waals surface area contributed by atoms with Crippen LogP contribution in [-0.2, 0) is 9.59 Å². The first-order chi connectivity index (χ1) is 12.0. The fraction of sp³-hybridized carbons (Fsp3) is 0.600. The van der Waals surface area contributed by atoms with Gasteiger partial charge in [0.25, 0.3) is 5.91 Å². The van der Waals surface area contributed by atoms with E-state index in [1.54, 1.807) is 4.90 Å². The minimum atomic E-state index is -1.02. The zero-order valence-electron chi connectivity index (χ0n) is 15.3. The molecule has 1 aromatic rings. The Labute approximate surface area is 150 Å². The molecule has 25 heavy (non-hydrogen) atoms. The summed E-state index contributed by atoms with van der Waals surface area (Å²) in [5.41, 5.74) is 1.78. The molecular formula is C20H29NO4. The second-order valence-corrected chi connectivity index (χ2v) is 6.79. The lowest BCUT2D eigenvalue weighted by Gasteiger charge is -2.34. The number of nitrogens with zero attached hydrogens (tertiary/aromatic N) is 1. The zero-order valence-corrected chi connectivity index (χ0v) is 15.3. The van der Waals surface area contributed by atoms with E-state index >= 15 is 0 Å². The number of rotatable bonds is 10. The molecule has 1 N–H and O–H groups in total. The topological polar surface area (TPSA) is 66.8 Å². The molecule has 5 nitrogen and oxygen atoms in total. The number of carboxylic acids is 1. The number of aliphatic carboxylic acids is 1. The molecular weight excluding hydrogens is 318 g/mol. The number of unbranched alkanes of at least 4 members (excludes halogenated alkanes) is 6. The first kappa shape index (κ1) is 19.3. The number of carbonyl (C=O) groups is 2. The average molecular weight is 347 g/mol. The molecule has 0 spiro atoms. The van der Waals surface area contributed by atoms with Gasteiger partial charge < -0.3 is 14.7 Å². The fourth-order valence-corrected chi connectivity index (χ4v) is 3.18. The first-order valence-electron chi connectivity index (χ1n) is 9.33. The molecule has 1 heterocycles. The molecule has 1 atom stereocenters. The van der Waals surface area contributed by atoms with E-state index in [1.165, 1.54) is 32.1 Å². The number of ether oxygens (including phenoxy) is 1. The van der Waals surface area contributed by atoms with E-state index in [-0.39, 0.29) is 12.3 Å². The summed E-state index contributed by atoms with van der Waals surface area (Å²) in [7, 11) is 0. The molecule has 0 aliphatic carbocycles. The number of benzene rings is 1. The number of aryl methyl sites for hydroxylation is 1. The van der Waals surface area contributed by atoms with Crippen molar-refractivity contribution in [3.05, 3.63) is 23.8 Å². The Kier molecular flexibility index (Phi) is 7.29. The maximum absolute atomic E-state index is 12.7. The monoisotopic (exact) mass is 347 g/mol. The maximum atomic E-state index is 12.7. The van der Waals surface area contributed by atoms with Crippen LogP contribution in [0.2, 0.25) is 0 Å². The van der Waals surface area contributed by atoms with Gasteiger partial charge in [0.1, 0.15) is 5.75 Å². The normalized spacial score (nSPS) is 16.5. The van der Waals surface area contributed by atoms with Crippen LogP contribution in [0, 0.1) is 6.92 Å². The molecule has 0 saturated heterocycles. The summed E-state index contributed by atoms with van der Waals surface area (Å²) in [6.45, 7) is 4.77. The number of amides is 1. The van der Waals surface area contributed by atoms with Gasteiger partial charge in [-0.05, 0) is 31.0 Å². The van der Waals surface area contributed by atoms with Crippen molar-refractivity contribution in [2.75, 3.05) is 11.4 Å². The van der Waals surface area contributed by atoms with Gasteiger partial charge in [-0.2, -0.15) is 0 Å². The highest BCUT2D eigenvalue weighted by Crippen LogP contribution is 2.35. The summed E-state index contributed by atoms with van der Waals surface area (Å²) >= 11 is 0. The van der Waals surface area contributed by atoms with Crippen LogP contribution in [0.3, 0.4) is 0 Å². The Bertz CT molecular complexity index is 599. The molecule has 1 aliphatic heterocycles. The summed E-state index contributed by atoms with van der Waals surface area (Å²) in [4.78, 5) is 25.4. The lowest BCUT2D eigenvalue weighted by atomic mass is 10.1. The van der Waals surface area contributed by atoms with Gasteiger partial charge in [0.2, 0.25) is 0 Å². The van der Waals surface area contributed by atoms with Crippen molar-refractivity contribution in [2.45, 2.75) is 71.3 Å². The SMILES string of the molecule is CCCCCCCCCN1C(=O)C(CC(=O)O)Oc2cc(C)ccc21. The predicted octanol–water partition coefficient (Wildman–Crippen LogP) is 4.31. The smallest absolute Gasteiger partial charge is 0.307 e. The first-order valence-corrected chi connectivity index (χ1v) is 9.33. The van der Waals surface area contributed by atoms with E-state index in [4.69, 9.17) is 9.84 Å². The second-order valence-electron chi connectivity index (χ2n) is 6.79. The highest BCUT2D eigenvalue weighted by Gasteiger charge is 2.35. The molecule has 2 rings (SSSR count). The van der Waals surface area contributed by atoms with Crippen molar-refractivity contribution in [1.29, 1.82) is 0 Å². The third-order valence-corrected chi connectivity index (χ3v) is 4.56. The number of fused-ring (bicyclic) bond motifs is 1. The predicted molar refractivity (Wildman–Crippen MR) is 98.2 cm³/mol. The van der Waals surface area contributed by atoms with E-state index in [2.05, 4.69) is 6.92 Å². The number of carbonyl (C=O) groups excluding carboxylic acids is 1. The van der Waals surface area contributed by atoms with Crippen molar-refractivity contribution in [1.82, 2.24) is 0 Å². The summed E-state index contributed by atoms with van der Waals surface area (Å²) in [6, 6.07) is 5.71. The third-order valence-electron chi connectivity index (χ3n) is 4.56. The van der Waals surface area contributed by atoms with Crippen LogP contribution in [0.5, 0.6) is 5.75 Å². The largest absolute Gasteiger partial charge is 0.481 e. The standard InChI is InChI=1S/C20H29NO4/c1-3-4-5-6-7-8-9-12-21-16-11-10-15(2)13-17(16)25-18(20(21)24)14-19(22)23/h10-11,13,18H,3-9,12,14H2,1-2H3,(H,22,23). The summed E-state index contributed by atoms with van der Waals surface area (Å²) in [5.74, 6) is -0.663. The molecule has 0 radical (unpaired) electrons. The quantitative estimate of drug-likeness (QED) is 0.640. The highest BCUT2D eigenvalue weighted by molar-refractivity contribution is 6.01. The lowest BCUT2D eigenvalue weighted by molar-refractivity contribution is -0.142. The lowest BCUT2D eigenvalue weighted by Crippen LogP contribution is -2.47. The van der Waals surface area contributed by atoms with Crippen LogP contribution in [-0.4, -0.2) is 29.6 Å². The van der Waals surface area contributed by atoms with Crippen LogP contribution in [0.15, 0.2) is 18.2 Å². The van der Waals surface area contributed by atoms with Crippen molar-refractivity contribution in [3.8, 4) is 5.75 Å². The molecule has 1 amide bonds. The van der Waals surface area contributed by atoms with Gasteiger partial charge >= 0.3 is 5.97 Å². The zero-order chi connectivity index (χ0) is 18.2. The Morgan fingerprint density at radius 3 is 2.52 bits per heavy atom. The number of hydrogen-bond acceptors (Lipinski definition) is 3. The molecule has 0 aromatic heterocycles. The van der Waals surface area contributed by atoms with Gasteiger partial charge in [0.05, 0.1) is 12.1 Å². The molecule has 138 valence electrons. The van der Waals surface area contributed by atoms with Gasteiger partial charge in [-0.25, -0.2) is 0 Å². The minimum Gasteiger partial charge on any atom is -0.481 e. The third kappa shape index (κ3) is 5.48. The van der Waals surface area contributed by atoms with Crippen LogP contribution in [0.1, 0.15) is 63.9 Å². The number of carboxylic acid groups (broad SMARTS) is 1. The van der Waals surface area contributed by atoms with E-state index in [9.17, 15) is 9.59 Å². The summed E-state index contributed by atoms with van der Waals surface area (Å²) in [6.07, 6.45) is 6.98. The molecule has 1 aromatic carbocycles. The van der Waals surface area contributed by atoms with Crippen molar-refractivity contribution < 1.29 is 19.4 Å². The van der Waals surface area contributed by atoms with Gasteiger partial charge in [0.15, 0.2) is 6.10 Å². The Balaban J connectivity index is 1.99. The van der Waals surface area contributed by atoms with E-state index in [0.717, 1.165) is 24.1 Å².